The number of amides is 2. The second kappa shape index (κ2) is 6.21. The minimum atomic E-state index is 0.0841. The number of hydrogen-bond donors (Lipinski definition) is 1. The molecule has 1 aliphatic heterocycles. The van der Waals surface area contributed by atoms with Gasteiger partial charge < -0.3 is 10.2 Å². The summed E-state index contributed by atoms with van der Waals surface area (Å²) < 4.78 is 0. The van der Waals surface area contributed by atoms with E-state index in [-0.39, 0.29) is 23.8 Å². The van der Waals surface area contributed by atoms with Crippen LogP contribution in [0.4, 0.5) is 0 Å². The lowest BCUT2D eigenvalue weighted by Crippen LogP contribution is -2.42. The van der Waals surface area contributed by atoms with Gasteiger partial charge in [0.1, 0.15) is 0 Å². The zero-order valence-electron chi connectivity index (χ0n) is 11.3. The van der Waals surface area contributed by atoms with Crippen LogP contribution in [0.25, 0.3) is 0 Å². The summed E-state index contributed by atoms with van der Waals surface area (Å²) in [5.41, 5.74) is 0. The van der Waals surface area contributed by atoms with Crippen molar-refractivity contribution in [3.05, 3.63) is 0 Å². The van der Waals surface area contributed by atoms with Crippen LogP contribution in [-0.4, -0.2) is 36.3 Å². The van der Waals surface area contributed by atoms with Crippen molar-refractivity contribution in [1.29, 1.82) is 0 Å². The first-order valence-electron chi connectivity index (χ1n) is 7.22. The van der Waals surface area contributed by atoms with Gasteiger partial charge in [0.2, 0.25) is 11.8 Å². The molecule has 2 fully saturated rings. The van der Waals surface area contributed by atoms with E-state index in [9.17, 15) is 9.59 Å². The van der Waals surface area contributed by atoms with Crippen molar-refractivity contribution in [2.75, 3.05) is 13.6 Å². The van der Waals surface area contributed by atoms with Crippen LogP contribution in [0.15, 0.2) is 0 Å². The molecule has 1 heterocycles. The Morgan fingerprint density at radius 3 is 2.61 bits per heavy atom. The molecule has 1 aliphatic carbocycles. The van der Waals surface area contributed by atoms with Crippen molar-refractivity contribution in [2.45, 2.75) is 57.4 Å². The van der Waals surface area contributed by atoms with Gasteiger partial charge in [-0.1, -0.05) is 19.3 Å². The van der Waals surface area contributed by atoms with E-state index in [1.165, 1.54) is 19.3 Å². The van der Waals surface area contributed by atoms with Crippen molar-refractivity contribution in [1.82, 2.24) is 10.2 Å². The summed E-state index contributed by atoms with van der Waals surface area (Å²) in [7, 11) is 1.88. The minimum Gasteiger partial charge on any atom is -0.356 e. The predicted octanol–water partition coefficient (Wildman–Crippen LogP) is 1.69. The summed E-state index contributed by atoms with van der Waals surface area (Å²) in [5.74, 6) is 0.547. The van der Waals surface area contributed by atoms with E-state index >= 15 is 0 Å². The highest BCUT2D eigenvalue weighted by molar-refractivity contribution is 5.81. The van der Waals surface area contributed by atoms with Crippen molar-refractivity contribution in [3.63, 3.8) is 0 Å². The Kier molecular flexibility index (Phi) is 4.61. The smallest absolute Gasteiger partial charge is 0.225 e. The maximum Gasteiger partial charge on any atom is 0.225 e. The fraction of sp³-hybridized carbons (Fsp3) is 0.857. The molecule has 18 heavy (non-hydrogen) atoms. The molecule has 0 unspecified atom stereocenters. The van der Waals surface area contributed by atoms with Gasteiger partial charge in [-0.3, -0.25) is 9.59 Å². The van der Waals surface area contributed by atoms with Gasteiger partial charge in [-0.15, -0.1) is 0 Å². The molecule has 1 N–H and O–H groups in total. The predicted molar refractivity (Wildman–Crippen MR) is 70.0 cm³/mol. The Morgan fingerprint density at radius 2 is 1.89 bits per heavy atom. The molecule has 4 nitrogen and oxygen atoms in total. The highest BCUT2D eigenvalue weighted by Crippen LogP contribution is 2.26. The van der Waals surface area contributed by atoms with Crippen molar-refractivity contribution < 1.29 is 9.59 Å². The van der Waals surface area contributed by atoms with Crippen LogP contribution in [0.5, 0.6) is 0 Å². The van der Waals surface area contributed by atoms with E-state index in [4.69, 9.17) is 0 Å². The van der Waals surface area contributed by atoms with Crippen LogP contribution in [-0.2, 0) is 9.59 Å². The third-order valence-electron chi connectivity index (χ3n) is 4.31. The van der Waals surface area contributed by atoms with Gasteiger partial charge in [0.15, 0.2) is 0 Å². The topological polar surface area (TPSA) is 49.4 Å². The van der Waals surface area contributed by atoms with E-state index in [0.29, 0.717) is 6.42 Å². The van der Waals surface area contributed by atoms with Crippen LogP contribution in [0.3, 0.4) is 0 Å². The van der Waals surface area contributed by atoms with Gasteiger partial charge in [-0.25, -0.2) is 0 Å². The molecule has 0 aromatic heterocycles. The Morgan fingerprint density at radius 1 is 1.17 bits per heavy atom. The number of rotatable bonds is 2. The second-order valence-corrected chi connectivity index (χ2v) is 5.63. The molecule has 0 radical (unpaired) electrons. The van der Waals surface area contributed by atoms with Crippen LogP contribution >= 0.6 is 0 Å². The van der Waals surface area contributed by atoms with Crippen molar-refractivity contribution in [2.24, 2.45) is 5.92 Å². The maximum atomic E-state index is 12.4. The van der Waals surface area contributed by atoms with E-state index in [0.717, 1.165) is 32.2 Å². The molecule has 0 bridgehead atoms. The SMILES string of the molecule is CN(C(=O)C1CCCCC1)[C@H]1CCCNC(=O)C1. The van der Waals surface area contributed by atoms with E-state index in [2.05, 4.69) is 5.32 Å². The summed E-state index contributed by atoms with van der Waals surface area (Å²) in [4.78, 5) is 25.8. The van der Waals surface area contributed by atoms with Gasteiger partial charge in [-0.2, -0.15) is 0 Å². The number of carbonyl (C=O) groups is 2. The lowest BCUT2D eigenvalue weighted by Gasteiger charge is -2.31. The molecule has 102 valence electrons. The zero-order valence-corrected chi connectivity index (χ0v) is 11.3. The standard InChI is InChI=1S/C14H24N2O2/c1-16(12-8-5-9-15-13(17)10-12)14(18)11-6-3-2-4-7-11/h11-12H,2-10H2,1H3,(H,15,17)/t12-/m0/s1. The molecular weight excluding hydrogens is 228 g/mol. The highest BCUT2D eigenvalue weighted by atomic mass is 16.2. The summed E-state index contributed by atoms with van der Waals surface area (Å²) in [6.07, 6.45) is 8.05. The molecule has 2 amide bonds. The first kappa shape index (κ1) is 13.4. The third kappa shape index (κ3) is 3.24. The Labute approximate surface area is 109 Å². The van der Waals surface area contributed by atoms with Gasteiger partial charge in [-0.05, 0) is 25.7 Å². The summed E-state index contributed by atoms with van der Waals surface area (Å²) in [6.45, 7) is 0.751. The summed E-state index contributed by atoms with van der Waals surface area (Å²) >= 11 is 0. The van der Waals surface area contributed by atoms with Gasteiger partial charge in [0.05, 0.1) is 0 Å². The van der Waals surface area contributed by atoms with Gasteiger partial charge in [0.25, 0.3) is 0 Å². The molecule has 1 saturated heterocycles. The van der Waals surface area contributed by atoms with Gasteiger partial charge in [0, 0.05) is 32.0 Å². The number of nitrogens with zero attached hydrogens (tertiary/aromatic N) is 1. The van der Waals surface area contributed by atoms with Crippen molar-refractivity contribution in [3.8, 4) is 0 Å². The monoisotopic (exact) mass is 252 g/mol. The quantitative estimate of drug-likeness (QED) is 0.813. The van der Waals surface area contributed by atoms with Gasteiger partial charge >= 0.3 is 0 Å². The molecule has 0 spiro atoms. The first-order chi connectivity index (χ1) is 8.68. The Hall–Kier alpha value is -1.06. The molecule has 1 saturated carbocycles. The van der Waals surface area contributed by atoms with E-state index in [1.54, 1.807) is 0 Å². The van der Waals surface area contributed by atoms with Crippen LogP contribution in [0.1, 0.15) is 51.4 Å². The molecular formula is C14H24N2O2. The largest absolute Gasteiger partial charge is 0.356 e. The fourth-order valence-electron chi connectivity index (χ4n) is 3.10. The third-order valence-corrected chi connectivity index (χ3v) is 4.31. The molecule has 0 aromatic carbocycles. The van der Waals surface area contributed by atoms with E-state index in [1.807, 2.05) is 11.9 Å². The fourth-order valence-corrected chi connectivity index (χ4v) is 3.10. The van der Waals surface area contributed by atoms with Crippen LogP contribution in [0, 0.1) is 5.92 Å². The first-order valence-corrected chi connectivity index (χ1v) is 7.22. The molecule has 2 rings (SSSR count). The molecule has 1 atom stereocenters. The lowest BCUT2D eigenvalue weighted by molar-refractivity contribution is -0.138. The number of carbonyl (C=O) groups excluding carboxylic acids is 2. The van der Waals surface area contributed by atoms with Crippen LogP contribution < -0.4 is 5.32 Å². The average Bonchev–Trinajstić information content (AvgIpc) is 2.63. The summed E-state index contributed by atoms with van der Waals surface area (Å²) in [6, 6.07) is 0.0990. The second-order valence-electron chi connectivity index (χ2n) is 5.63. The Balaban J connectivity index is 1.93. The van der Waals surface area contributed by atoms with Crippen LogP contribution in [0.2, 0.25) is 0 Å². The molecule has 0 aromatic rings. The zero-order chi connectivity index (χ0) is 13.0. The normalized spacial score (nSPS) is 26.3. The number of nitrogens with one attached hydrogen (secondary N) is 1. The lowest BCUT2D eigenvalue weighted by atomic mass is 9.88. The molecule has 2 aliphatic rings. The average molecular weight is 252 g/mol. The molecule has 4 heteroatoms. The minimum absolute atomic E-state index is 0.0841. The maximum absolute atomic E-state index is 12.4. The Bertz CT molecular complexity index is 311. The van der Waals surface area contributed by atoms with Crippen molar-refractivity contribution >= 4 is 11.8 Å². The highest BCUT2D eigenvalue weighted by Gasteiger charge is 2.29. The number of hydrogen-bond acceptors (Lipinski definition) is 2. The summed E-state index contributed by atoms with van der Waals surface area (Å²) in [5, 5.41) is 2.87. The van der Waals surface area contributed by atoms with E-state index < -0.39 is 0 Å².